The van der Waals surface area contributed by atoms with Crippen LogP contribution in [-0.2, 0) is 32.1 Å². The number of imide groups is 2. The van der Waals surface area contributed by atoms with Crippen LogP contribution in [0.5, 0.6) is 5.75 Å². The van der Waals surface area contributed by atoms with E-state index in [-0.39, 0.29) is 47.8 Å². The summed E-state index contributed by atoms with van der Waals surface area (Å²) in [4.78, 5) is 77.9. The van der Waals surface area contributed by atoms with Crippen molar-refractivity contribution in [3.05, 3.63) is 64.2 Å². The van der Waals surface area contributed by atoms with Crippen molar-refractivity contribution in [2.45, 2.75) is 84.7 Å². The zero-order valence-corrected chi connectivity index (χ0v) is 27.8. The van der Waals surface area contributed by atoms with Crippen LogP contribution in [0, 0.1) is 17.3 Å². The first-order chi connectivity index (χ1) is 22.9. The highest BCUT2D eigenvalue weighted by atomic mass is 16.5. The van der Waals surface area contributed by atoms with Crippen molar-refractivity contribution in [1.29, 1.82) is 0 Å². The lowest BCUT2D eigenvalue weighted by Crippen LogP contribution is -2.54. The molecule has 2 aromatic carbocycles. The molecule has 0 bridgehead atoms. The summed E-state index contributed by atoms with van der Waals surface area (Å²) in [7, 11) is 0. The number of nitrogens with zero attached hydrogens (tertiary/aromatic N) is 2. The van der Waals surface area contributed by atoms with Crippen molar-refractivity contribution >= 4 is 35.4 Å². The normalized spacial score (nSPS) is 17.3. The molecule has 11 heteroatoms. The number of benzene rings is 2. The number of carbonyl (C=O) groups excluding carboxylic acids is 6. The van der Waals surface area contributed by atoms with Gasteiger partial charge in [-0.2, -0.15) is 0 Å². The first kappa shape index (κ1) is 34.4. The largest absolute Gasteiger partial charge is 0.484 e. The third kappa shape index (κ3) is 8.29. The smallest absolute Gasteiger partial charge is 0.263 e. The first-order valence-electron chi connectivity index (χ1n) is 16.5. The number of amides is 6. The minimum absolute atomic E-state index is 0.0608. The van der Waals surface area contributed by atoms with Gasteiger partial charge in [0.15, 0.2) is 6.61 Å². The molecular weight excluding hydrogens is 612 g/mol. The molecule has 1 atom stereocenters. The Morgan fingerprint density at radius 1 is 1.00 bits per heavy atom. The van der Waals surface area contributed by atoms with E-state index in [0.29, 0.717) is 43.8 Å². The Balaban J connectivity index is 1.01. The predicted octanol–water partition coefficient (Wildman–Crippen LogP) is 3.52. The second-order valence-corrected chi connectivity index (χ2v) is 13.7. The summed E-state index contributed by atoms with van der Waals surface area (Å²) >= 11 is 0. The van der Waals surface area contributed by atoms with E-state index in [9.17, 15) is 28.8 Å². The van der Waals surface area contributed by atoms with Crippen molar-refractivity contribution < 1.29 is 33.5 Å². The lowest BCUT2D eigenvalue weighted by Gasteiger charge is -2.31. The fraction of sp³-hybridized carbons (Fsp3) is 0.459. The van der Waals surface area contributed by atoms with Crippen molar-refractivity contribution in [2.75, 3.05) is 19.7 Å². The molecule has 48 heavy (non-hydrogen) atoms. The van der Waals surface area contributed by atoms with Crippen molar-refractivity contribution in [3.8, 4) is 17.6 Å². The molecule has 0 aromatic heterocycles. The molecule has 1 unspecified atom stereocenters. The fourth-order valence-electron chi connectivity index (χ4n) is 6.12. The maximum atomic E-state index is 13.2. The van der Waals surface area contributed by atoms with Gasteiger partial charge in [-0.15, -0.1) is 0 Å². The first-order valence-corrected chi connectivity index (χ1v) is 16.5. The summed E-state index contributed by atoms with van der Waals surface area (Å²) in [6.45, 7) is 7.85. The highest BCUT2D eigenvalue weighted by Gasteiger charge is 2.45. The number of unbranched alkanes of at least 4 members (excludes halogenated alkanes) is 3. The van der Waals surface area contributed by atoms with E-state index in [0.717, 1.165) is 36.1 Å². The molecule has 2 aromatic rings. The molecule has 1 fully saturated rings. The molecule has 252 valence electrons. The number of nitrogens with one attached hydrogen (secondary N) is 2. The lowest BCUT2D eigenvalue weighted by atomic mass is 9.90. The van der Waals surface area contributed by atoms with Crippen LogP contribution in [0.15, 0.2) is 36.4 Å². The third-order valence-electron chi connectivity index (χ3n) is 8.59. The van der Waals surface area contributed by atoms with E-state index in [1.807, 2.05) is 23.1 Å². The fourth-order valence-corrected chi connectivity index (χ4v) is 6.12. The SMILES string of the molecule is CC(C)(C)CC(=O)N1CCc2ccc(OCC(=O)NCCCCCC#Cc3cccc4c3C(=O)N(C3CCC(=O)NC3=O)C4=O)cc2C1. The van der Waals surface area contributed by atoms with Gasteiger partial charge < -0.3 is 15.0 Å². The molecule has 0 saturated carbocycles. The van der Waals surface area contributed by atoms with E-state index in [2.05, 4.69) is 43.2 Å². The second kappa shape index (κ2) is 14.8. The van der Waals surface area contributed by atoms with Gasteiger partial charge in [-0.05, 0) is 66.5 Å². The van der Waals surface area contributed by atoms with Crippen molar-refractivity contribution in [2.24, 2.45) is 5.41 Å². The van der Waals surface area contributed by atoms with Crippen LogP contribution >= 0.6 is 0 Å². The maximum absolute atomic E-state index is 13.2. The van der Waals surface area contributed by atoms with Gasteiger partial charge in [-0.25, -0.2) is 0 Å². The van der Waals surface area contributed by atoms with E-state index in [1.54, 1.807) is 18.2 Å². The molecule has 0 radical (unpaired) electrons. The summed E-state index contributed by atoms with van der Waals surface area (Å²) in [5, 5.41) is 5.07. The standard InChI is InChI=1S/C37H42N4O7/c1-37(2,3)21-32(44)40-19-17-24-13-14-27(20-26(24)22-40)48-23-31(43)38-18-8-6-4-5-7-10-25-11-9-12-28-33(25)36(47)41(35(28)46)29-15-16-30(42)39-34(29)45/h9,11-14,20,29H,4-6,8,15-19,21-23H2,1-3H3,(H,38,43)(H,39,42,45). The van der Waals surface area contributed by atoms with Gasteiger partial charge in [0.2, 0.25) is 17.7 Å². The topological polar surface area (TPSA) is 142 Å². The Morgan fingerprint density at radius 2 is 1.81 bits per heavy atom. The zero-order chi connectivity index (χ0) is 34.4. The summed E-state index contributed by atoms with van der Waals surface area (Å²) in [5.41, 5.74) is 3.01. The van der Waals surface area contributed by atoms with E-state index >= 15 is 0 Å². The molecule has 0 spiro atoms. The lowest BCUT2D eigenvalue weighted by molar-refractivity contribution is -0.136. The molecule has 5 rings (SSSR count). The summed E-state index contributed by atoms with van der Waals surface area (Å²) < 4.78 is 5.74. The monoisotopic (exact) mass is 654 g/mol. The van der Waals surface area contributed by atoms with Crippen molar-refractivity contribution in [1.82, 2.24) is 20.4 Å². The Hall–Kier alpha value is -4.98. The molecule has 3 heterocycles. The van der Waals surface area contributed by atoms with Crippen molar-refractivity contribution in [3.63, 3.8) is 0 Å². The molecule has 6 amide bonds. The summed E-state index contributed by atoms with van der Waals surface area (Å²) in [5.74, 6) is 4.42. The number of carbonyl (C=O) groups is 6. The second-order valence-electron chi connectivity index (χ2n) is 13.7. The van der Waals surface area contributed by atoms with Crippen LogP contribution in [0.3, 0.4) is 0 Å². The molecule has 2 N–H and O–H groups in total. The summed E-state index contributed by atoms with van der Waals surface area (Å²) in [6, 6.07) is 9.66. The Morgan fingerprint density at radius 3 is 2.58 bits per heavy atom. The molecule has 1 saturated heterocycles. The zero-order valence-electron chi connectivity index (χ0n) is 27.8. The van der Waals surface area contributed by atoms with E-state index in [4.69, 9.17) is 4.74 Å². The van der Waals surface area contributed by atoms with Gasteiger partial charge in [0, 0.05) is 44.5 Å². The molecule has 3 aliphatic rings. The van der Waals surface area contributed by atoms with Crippen LogP contribution in [0.4, 0.5) is 0 Å². The Labute approximate surface area is 280 Å². The maximum Gasteiger partial charge on any atom is 0.263 e. The van der Waals surface area contributed by atoms with Crippen LogP contribution in [0.1, 0.15) is 103 Å². The minimum atomic E-state index is -1.02. The van der Waals surface area contributed by atoms with Gasteiger partial charge >= 0.3 is 0 Å². The average Bonchev–Trinajstić information content (AvgIpc) is 3.29. The van der Waals surface area contributed by atoms with Gasteiger partial charge in [-0.1, -0.05) is 51.2 Å². The van der Waals surface area contributed by atoms with Gasteiger partial charge in [0.25, 0.3) is 17.7 Å². The molecule has 3 aliphatic heterocycles. The summed E-state index contributed by atoms with van der Waals surface area (Å²) in [6.07, 6.45) is 4.41. The number of hydrogen-bond acceptors (Lipinski definition) is 7. The Bertz CT molecular complexity index is 1700. The van der Waals surface area contributed by atoms with Gasteiger partial charge in [0.1, 0.15) is 11.8 Å². The van der Waals surface area contributed by atoms with Crippen LogP contribution < -0.4 is 15.4 Å². The van der Waals surface area contributed by atoms with Crippen LogP contribution in [0.2, 0.25) is 0 Å². The van der Waals surface area contributed by atoms with Gasteiger partial charge in [0.05, 0.1) is 11.1 Å². The number of hydrogen-bond donors (Lipinski definition) is 2. The third-order valence-corrected chi connectivity index (χ3v) is 8.59. The highest BCUT2D eigenvalue weighted by Crippen LogP contribution is 2.30. The van der Waals surface area contributed by atoms with Gasteiger partial charge in [-0.3, -0.25) is 39.0 Å². The number of fused-ring (bicyclic) bond motifs is 2. The average molecular weight is 655 g/mol. The predicted molar refractivity (Wildman–Crippen MR) is 177 cm³/mol. The number of ether oxygens (including phenoxy) is 1. The highest BCUT2D eigenvalue weighted by molar-refractivity contribution is 6.24. The van der Waals surface area contributed by atoms with Crippen LogP contribution in [-0.4, -0.2) is 71.0 Å². The Kier molecular flexibility index (Phi) is 10.6. The number of rotatable bonds is 10. The quantitative estimate of drug-likeness (QED) is 0.227. The number of piperidine rings is 1. The van der Waals surface area contributed by atoms with E-state index in [1.165, 1.54) is 5.56 Å². The van der Waals surface area contributed by atoms with E-state index < -0.39 is 29.7 Å². The molecular formula is C37H42N4O7. The molecule has 11 nitrogen and oxygen atoms in total. The van der Waals surface area contributed by atoms with Crippen LogP contribution in [0.25, 0.3) is 0 Å². The minimum Gasteiger partial charge on any atom is -0.484 e. The molecule has 0 aliphatic carbocycles.